The fourth-order valence-corrected chi connectivity index (χ4v) is 5.91. The van der Waals surface area contributed by atoms with Crippen molar-refractivity contribution in [2.75, 3.05) is 0 Å². The van der Waals surface area contributed by atoms with Crippen molar-refractivity contribution in [1.29, 1.82) is 0 Å². The van der Waals surface area contributed by atoms with Crippen molar-refractivity contribution in [3.63, 3.8) is 0 Å². The van der Waals surface area contributed by atoms with Crippen molar-refractivity contribution < 1.29 is 14.8 Å². The molecule has 3 aromatic heterocycles. The highest BCUT2D eigenvalue weighted by atomic mass is 32.2. The van der Waals surface area contributed by atoms with Crippen LogP contribution in [0.3, 0.4) is 0 Å². The number of nitro benzene ring substituents is 1. The van der Waals surface area contributed by atoms with Crippen LogP contribution in [-0.4, -0.2) is 29.5 Å². The number of rotatable bonds is 8. The van der Waals surface area contributed by atoms with Gasteiger partial charge in [-0.05, 0) is 55.8 Å². The van der Waals surface area contributed by atoms with Gasteiger partial charge in [0.1, 0.15) is 28.7 Å². The second kappa shape index (κ2) is 10.3. The number of hydrogen-bond acceptors (Lipinski definition) is 9. The molecule has 194 valence electrons. The number of aromatic nitrogens is 4. The van der Waals surface area contributed by atoms with Crippen molar-refractivity contribution in [1.82, 2.24) is 19.5 Å². The first-order valence-electron chi connectivity index (χ1n) is 11.6. The minimum Gasteiger partial charge on any atom is -0.494 e. The SMILES string of the molecule is Cc1cc(Sc2ccc3nc(COc4ccc(Cc5sc(=O)[nH]c5O)cc4)n(C)c3n2)cc(C)c1[N+](=O)[O-]. The first kappa shape index (κ1) is 25.5. The molecule has 0 radical (unpaired) electrons. The maximum Gasteiger partial charge on any atom is 0.307 e. The highest BCUT2D eigenvalue weighted by Crippen LogP contribution is 2.33. The fraction of sp³-hybridized carbons (Fsp3) is 0.192. The smallest absolute Gasteiger partial charge is 0.307 e. The third-order valence-corrected chi connectivity index (χ3v) is 7.79. The predicted octanol–water partition coefficient (Wildman–Crippen LogP) is 5.27. The molecular formula is C26H23N5O5S2. The number of ether oxygens (including phenoxy) is 1. The van der Waals surface area contributed by atoms with Gasteiger partial charge in [-0.15, -0.1) is 0 Å². The Labute approximate surface area is 225 Å². The summed E-state index contributed by atoms with van der Waals surface area (Å²) in [5.41, 5.74) is 3.77. The molecule has 0 aliphatic rings. The maximum absolute atomic E-state index is 11.4. The number of fused-ring (bicyclic) bond motifs is 1. The Kier molecular flexibility index (Phi) is 6.91. The standard InChI is InChI=1S/C26H23N5O5S2/c1-14-10-18(11-15(2)23(14)31(34)35)37-22-9-8-19-24(28-22)30(3)21(27-19)13-36-17-6-4-16(5-7-17)12-20-25(32)29-26(33)38-20/h4-11,32H,12-13H2,1-3H3,(H,29,33). The number of benzene rings is 2. The summed E-state index contributed by atoms with van der Waals surface area (Å²) in [6.07, 6.45) is 0.450. The molecule has 0 amide bonds. The molecule has 0 spiro atoms. The Bertz CT molecular complexity index is 1700. The molecule has 3 heterocycles. The number of aromatic amines is 1. The molecule has 0 bridgehead atoms. The zero-order valence-corrected chi connectivity index (χ0v) is 22.4. The molecule has 0 saturated carbocycles. The molecule has 0 saturated heterocycles. The molecule has 2 aromatic carbocycles. The summed E-state index contributed by atoms with van der Waals surface area (Å²) in [5, 5.41) is 21.8. The molecule has 5 rings (SSSR count). The topological polar surface area (TPSA) is 136 Å². The van der Waals surface area contributed by atoms with Gasteiger partial charge in [-0.1, -0.05) is 35.2 Å². The van der Waals surface area contributed by atoms with Crippen molar-refractivity contribution >= 4 is 39.9 Å². The third-order valence-electron chi connectivity index (χ3n) is 6.01. The Morgan fingerprint density at radius 1 is 1.13 bits per heavy atom. The molecule has 38 heavy (non-hydrogen) atoms. The quantitative estimate of drug-likeness (QED) is 0.197. The van der Waals surface area contributed by atoms with E-state index in [9.17, 15) is 20.0 Å². The number of aryl methyl sites for hydroxylation is 3. The first-order chi connectivity index (χ1) is 18.2. The number of nitrogens with zero attached hydrogens (tertiary/aromatic N) is 4. The van der Waals surface area contributed by atoms with Crippen LogP contribution in [0.2, 0.25) is 0 Å². The van der Waals surface area contributed by atoms with Gasteiger partial charge in [0.2, 0.25) is 5.88 Å². The van der Waals surface area contributed by atoms with Crippen LogP contribution >= 0.6 is 23.1 Å². The average Bonchev–Trinajstić information content (AvgIpc) is 3.34. The Hall–Kier alpha value is -4.16. The lowest BCUT2D eigenvalue weighted by molar-refractivity contribution is -0.386. The van der Waals surface area contributed by atoms with Crippen LogP contribution in [0.15, 0.2) is 63.2 Å². The molecule has 0 unspecified atom stereocenters. The zero-order chi connectivity index (χ0) is 27.0. The summed E-state index contributed by atoms with van der Waals surface area (Å²) in [4.78, 5) is 35.3. The second-order valence-corrected chi connectivity index (χ2v) is 10.9. The van der Waals surface area contributed by atoms with Gasteiger partial charge < -0.3 is 14.4 Å². The van der Waals surface area contributed by atoms with Crippen LogP contribution in [0.1, 0.15) is 27.4 Å². The van der Waals surface area contributed by atoms with E-state index in [4.69, 9.17) is 9.72 Å². The molecule has 0 fully saturated rings. The van der Waals surface area contributed by atoms with Crippen molar-refractivity contribution in [3.8, 4) is 11.6 Å². The average molecular weight is 550 g/mol. The van der Waals surface area contributed by atoms with Gasteiger partial charge in [-0.2, -0.15) is 0 Å². The van der Waals surface area contributed by atoms with Crippen molar-refractivity contribution in [2.24, 2.45) is 7.05 Å². The molecule has 2 N–H and O–H groups in total. The molecule has 0 aliphatic carbocycles. The van der Waals surface area contributed by atoms with E-state index in [1.54, 1.807) is 26.0 Å². The van der Waals surface area contributed by atoms with Crippen LogP contribution in [0, 0.1) is 24.0 Å². The fourth-order valence-electron chi connectivity index (χ4n) is 4.17. The summed E-state index contributed by atoms with van der Waals surface area (Å²) >= 11 is 2.44. The van der Waals surface area contributed by atoms with Crippen LogP contribution < -0.4 is 9.61 Å². The number of imidazole rings is 1. The number of nitro groups is 1. The van der Waals surface area contributed by atoms with Gasteiger partial charge in [0.15, 0.2) is 5.65 Å². The summed E-state index contributed by atoms with van der Waals surface area (Å²) in [6, 6.07) is 14.8. The van der Waals surface area contributed by atoms with Gasteiger partial charge in [-0.25, -0.2) is 9.97 Å². The summed E-state index contributed by atoms with van der Waals surface area (Å²) in [6.45, 7) is 3.72. The maximum atomic E-state index is 11.4. The van der Waals surface area contributed by atoms with E-state index >= 15 is 0 Å². The molecule has 0 aliphatic heterocycles. The van der Waals surface area contributed by atoms with Crippen LogP contribution in [0.4, 0.5) is 5.69 Å². The van der Waals surface area contributed by atoms with Gasteiger partial charge in [0.25, 0.3) is 5.69 Å². The Balaban J connectivity index is 1.28. The molecule has 0 atom stereocenters. The van der Waals surface area contributed by atoms with E-state index in [0.717, 1.165) is 32.3 Å². The van der Waals surface area contributed by atoms with Gasteiger partial charge in [0.05, 0.1) is 9.80 Å². The number of nitrogens with one attached hydrogen (secondary N) is 1. The lowest BCUT2D eigenvalue weighted by atomic mass is 10.1. The third kappa shape index (κ3) is 5.27. The van der Waals surface area contributed by atoms with Gasteiger partial charge in [-0.3, -0.25) is 19.9 Å². The molecular weight excluding hydrogens is 526 g/mol. The molecule has 12 heteroatoms. The van der Waals surface area contributed by atoms with E-state index in [1.165, 1.54) is 11.8 Å². The lowest BCUT2D eigenvalue weighted by Gasteiger charge is -2.08. The molecule has 10 nitrogen and oxygen atoms in total. The summed E-state index contributed by atoms with van der Waals surface area (Å²) < 4.78 is 7.83. The van der Waals surface area contributed by atoms with E-state index in [0.29, 0.717) is 39.6 Å². The van der Waals surface area contributed by atoms with E-state index < -0.39 is 0 Å². The minimum atomic E-state index is -0.350. The highest BCUT2D eigenvalue weighted by molar-refractivity contribution is 7.99. The first-order valence-corrected chi connectivity index (χ1v) is 13.2. The monoisotopic (exact) mass is 549 g/mol. The number of pyridine rings is 1. The Morgan fingerprint density at radius 2 is 1.84 bits per heavy atom. The number of aromatic hydroxyl groups is 1. The van der Waals surface area contributed by atoms with Crippen LogP contribution in [-0.2, 0) is 20.1 Å². The number of H-pyrrole nitrogens is 1. The normalized spacial score (nSPS) is 11.2. The van der Waals surface area contributed by atoms with Gasteiger partial charge in [0, 0.05) is 29.5 Å². The van der Waals surface area contributed by atoms with Crippen LogP contribution in [0.25, 0.3) is 11.2 Å². The summed E-state index contributed by atoms with van der Waals surface area (Å²) in [5.74, 6) is 1.29. The molecule has 5 aromatic rings. The number of hydrogen-bond donors (Lipinski definition) is 2. The van der Waals surface area contributed by atoms with E-state index in [-0.39, 0.29) is 28.0 Å². The Morgan fingerprint density at radius 3 is 2.47 bits per heavy atom. The van der Waals surface area contributed by atoms with E-state index in [2.05, 4.69) is 9.97 Å². The van der Waals surface area contributed by atoms with Crippen LogP contribution in [0.5, 0.6) is 11.6 Å². The highest BCUT2D eigenvalue weighted by Gasteiger charge is 2.17. The predicted molar refractivity (Wildman–Crippen MR) is 145 cm³/mol. The van der Waals surface area contributed by atoms with Crippen molar-refractivity contribution in [3.05, 3.63) is 95.7 Å². The van der Waals surface area contributed by atoms with Gasteiger partial charge >= 0.3 is 4.87 Å². The van der Waals surface area contributed by atoms with E-state index in [1.807, 2.05) is 48.0 Å². The lowest BCUT2D eigenvalue weighted by Crippen LogP contribution is -2.04. The summed E-state index contributed by atoms with van der Waals surface area (Å²) in [7, 11) is 1.88. The second-order valence-electron chi connectivity index (χ2n) is 8.74. The minimum absolute atomic E-state index is 0.0877. The zero-order valence-electron chi connectivity index (χ0n) is 20.7. The largest absolute Gasteiger partial charge is 0.494 e. The van der Waals surface area contributed by atoms with Crippen molar-refractivity contribution in [2.45, 2.75) is 36.8 Å². The number of thiazole rings is 1.